The van der Waals surface area contributed by atoms with E-state index in [4.69, 9.17) is 0 Å². The zero-order chi connectivity index (χ0) is 13.5. The van der Waals surface area contributed by atoms with Gasteiger partial charge in [-0.25, -0.2) is 0 Å². The summed E-state index contributed by atoms with van der Waals surface area (Å²) in [5, 5.41) is 14.1. The fourth-order valence-corrected chi connectivity index (χ4v) is 2.30. The second-order valence-corrected chi connectivity index (χ2v) is 4.98. The van der Waals surface area contributed by atoms with Crippen molar-refractivity contribution in [3.05, 3.63) is 64.4 Å². The van der Waals surface area contributed by atoms with Crippen LogP contribution in [-0.4, -0.2) is 17.6 Å². The first kappa shape index (κ1) is 13.5. The van der Waals surface area contributed by atoms with Crippen molar-refractivity contribution < 1.29 is 9.90 Å². The quantitative estimate of drug-likeness (QED) is 0.823. The van der Waals surface area contributed by atoms with Crippen molar-refractivity contribution in [2.24, 2.45) is 0 Å². The van der Waals surface area contributed by atoms with Crippen LogP contribution < -0.4 is 5.32 Å². The molecule has 1 aromatic carbocycles. The van der Waals surface area contributed by atoms with Gasteiger partial charge in [0.05, 0.1) is 12.6 Å². The zero-order valence-electron chi connectivity index (χ0n) is 10.3. The fraction of sp³-hybridized carbons (Fsp3) is 0.133. The van der Waals surface area contributed by atoms with Gasteiger partial charge in [0.2, 0.25) is 5.91 Å². The van der Waals surface area contributed by atoms with E-state index >= 15 is 0 Å². The minimum Gasteiger partial charge on any atom is -0.394 e. The number of aliphatic hydroxyl groups is 1. The number of hydrogen-bond donors (Lipinski definition) is 2. The monoisotopic (exact) mass is 273 g/mol. The third kappa shape index (κ3) is 4.05. The third-order valence-electron chi connectivity index (χ3n) is 2.64. The summed E-state index contributed by atoms with van der Waals surface area (Å²) in [7, 11) is 0. The first-order chi connectivity index (χ1) is 9.29. The number of carbonyl (C=O) groups excluding carboxylic acids is 1. The van der Waals surface area contributed by atoms with Gasteiger partial charge in [0.15, 0.2) is 0 Å². The molecule has 0 fully saturated rings. The highest BCUT2D eigenvalue weighted by atomic mass is 32.1. The summed E-state index contributed by atoms with van der Waals surface area (Å²) in [5.74, 6) is -0.212. The number of thiophene rings is 1. The molecule has 0 bridgehead atoms. The summed E-state index contributed by atoms with van der Waals surface area (Å²) in [4.78, 5) is 12.8. The number of carbonyl (C=O) groups is 1. The van der Waals surface area contributed by atoms with E-state index in [2.05, 4.69) is 5.32 Å². The topological polar surface area (TPSA) is 49.3 Å². The summed E-state index contributed by atoms with van der Waals surface area (Å²) < 4.78 is 0. The molecule has 98 valence electrons. The molecule has 0 aliphatic heterocycles. The lowest BCUT2D eigenvalue weighted by Gasteiger charge is -2.15. The SMILES string of the molecule is O=C(/C=C/c1cccs1)N[C@@H](CO)c1ccccc1. The Morgan fingerprint density at radius 2 is 2.05 bits per heavy atom. The molecule has 0 spiro atoms. The van der Waals surface area contributed by atoms with Crippen LogP contribution in [0.25, 0.3) is 6.08 Å². The summed E-state index contributed by atoms with van der Waals surface area (Å²) in [6.07, 6.45) is 3.25. The van der Waals surface area contributed by atoms with Gasteiger partial charge in [-0.05, 0) is 23.1 Å². The molecular weight excluding hydrogens is 258 g/mol. The van der Waals surface area contributed by atoms with Crippen LogP contribution in [0.15, 0.2) is 53.9 Å². The second kappa shape index (κ2) is 6.87. The normalized spacial score (nSPS) is 12.5. The largest absolute Gasteiger partial charge is 0.394 e. The molecule has 2 N–H and O–H groups in total. The van der Waals surface area contributed by atoms with E-state index in [1.165, 1.54) is 6.08 Å². The van der Waals surface area contributed by atoms with Crippen molar-refractivity contribution in [1.29, 1.82) is 0 Å². The van der Waals surface area contributed by atoms with Crippen LogP contribution in [0.5, 0.6) is 0 Å². The van der Waals surface area contributed by atoms with Crippen molar-refractivity contribution in [3.63, 3.8) is 0 Å². The fourth-order valence-electron chi connectivity index (χ4n) is 1.68. The van der Waals surface area contributed by atoms with Crippen LogP contribution in [0.4, 0.5) is 0 Å². The maximum atomic E-state index is 11.8. The predicted octanol–water partition coefficient (Wildman–Crippen LogP) is 2.61. The van der Waals surface area contributed by atoms with E-state index in [0.717, 1.165) is 10.4 Å². The Kier molecular flexibility index (Phi) is 4.89. The van der Waals surface area contributed by atoms with E-state index in [9.17, 15) is 9.90 Å². The average Bonchev–Trinajstić information content (AvgIpc) is 2.97. The molecule has 0 saturated carbocycles. The van der Waals surface area contributed by atoms with E-state index in [0.29, 0.717) is 0 Å². The van der Waals surface area contributed by atoms with Gasteiger partial charge in [-0.2, -0.15) is 0 Å². The average molecular weight is 273 g/mol. The molecular formula is C15H15NO2S. The summed E-state index contributed by atoms with van der Waals surface area (Å²) >= 11 is 1.57. The standard InChI is InChI=1S/C15H15NO2S/c17-11-14(12-5-2-1-3-6-12)16-15(18)9-8-13-7-4-10-19-13/h1-10,14,17H,11H2,(H,16,18)/b9-8+/t14-/m0/s1. The Morgan fingerprint density at radius 1 is 1.26 bits per heavy atom. The molecule has 1 amide bonds. The van der Waals surface area contributed by atoms with Crippen molar-refractivity contribution >= 4 is 23.3 Å². The van der Waals surface area contributed by atoms with Crippen molar-refractivity contribution in [1.82, 2.24) is 5.32 Å². The van der Waals surface area contributed by atoms with Gasteiger partial charge in [0.25, 0.3) is 0 Å². The maximum absolute atomic E-state index is 11.8. The molecule has 2 aromatic rings. The van der Waals surface area contributed by atoms with Crippen LogP contribution in [0.2, 0.25) is 0 Å². The lowest BCUT2D eigenvalue weighted by Crippen LogP contribution is -2.29. The molecule has 4 heteroatoms. The first-order valence-electron chi connectivity index (χ1n) is 5.97. The lowest BCUT2D eigenvalue weighted by molar-refractivity contribution is -0.117. The van der Waals surface area contributed by atoms with E-state index in [1.54, 1.807) is 17.4 Å². The van der Waals surface area contributed by atoms with Crippen molar-refractivity contribution in [2.45, 2.75) is 6.04 Å². The first-order valence-corrected chi connectivity index (χ1v) is 6.85. The van der Waals surface area contributed by atoms with Crippen molar-refractivity contribution in [3.8, 4) is 0 Å². The van der Waals surface area contributed by atoms with Crippen LogP contribution in [0.1, 0.15) is 16.5 Å². The number of aliphatic hydroxyl groups excluding tert-OH is 1. The van der Waals surface area contributed by atoms with Crippen molar-refractivity contribution in [2.75, 3.05) is 6.61 Å². The minimum absolute atomic E-state index is 0.122. The molecule has 0 aliphatic carbocycles. The summed E-state index contributed by atoms with van der Waals surface area (Å²) in [6.45, 7) is -0.122. The molecule has 0 unspecified atom stereocenters. The Morgan fingerprint density at radius 3 is 2.68 bits per heavy atom. The zero-order valence-corrected chi connectivity index (χ0v) is 11.1. The number of amides is 1. The molecule has 0 radical (unpaired) electrons. The highest BCUT2D eigenvalue weighted by molar-refractivity contribution is 7.10. The molecule has 0 saturated heterocycles. The number of benzene rings is 1. The highest BCUT2D eigenvalue weighted by Gasteiger charge is 2.11. The Bertz CT molecular complexity index is 535. The minimum atomic E-state index is -0.373. The van der Waals surface area contributed by atoms with Crippen LogP contribution in [0, 0.1) is 0 Å². The molecule has 3 nitrogen and oxygen atoms in total. The third-order valence-corrected chi connectivity index (χ3v) is 3.48. The Hall–Kier alpha value is -1.91. The van der Waals surface area contributed by atoms with E-state index in [1.807, 2.05) is 47.8 Å². The molecule has 1 heterocycles. The number of rotatable bonds is 5. The van der Waals surface area contributed by atoms with Gasteiger partial charge < -0.3 is 10.4 Å². The van der Waals surface area contributed by atoms with Gasteiger partial charge >= 0.3 is 0 Å². The van der Waals surface area contributed by atoms with E-state index < -0.39 is 0 Å². The maximum Gasteiger partial charge on any atom is 0.244 e. The van der Waals surface area contributed by atoms with Crippen LogP contribution in [-0.2, 0) is 4.79 Å². The Labute approximate surface area is 116 Å². The van der Waals surface area contributed by atoms with Gasteiger partial charge in [-0.15, -0.1) is 11.3 Å². The predicted molar refractivity (Wildman–Crippen MR) is 77.8 cm³/mol. The Balaban J connectivity index is 1.97. The molecule has 19 heavy (non-hydrogen) atoms. The summed E-state index contributed by atoms with van der Waals surface area (Å²) in [6, 6.07) is 12.9. The smallest absolute Gasteiger partial charge is 0.244 e. The van der Waals surface area contributed by atoms with E-state index in [-0.39, 0.29) is 18.6 Å². The van der Waals surface area contributed by atoms with Gasteiger partial charge in [0, 0.05) is 11.0 Å². The van der Waals surface area contributed by atoms with Crippen LogP contribution in [0.3, 0.4) is 0 Å². The lowest BCUT2D eigenvalue weighted by atomic mass is 10.1. The van der Waals surface area contributed by atoms with Gasteiger partial charge in [-0.3, -0.25) is 4.79 Å². The van der Waals surface area contributed by atoms with Gasteiger partial charge in [-0.1, -0.05) is 36.4 Å². The number of nitrogens with one attached hydrogen (secondary N) is 1. The number of hydrogen-bond acceptors (Lipinski definition) is 3. The molecule has 2 rings (SSSR count). The summed E-state index contributed by atoms with van der Waals surface area (Å²) in [5.41, 5.74) is 0.892. The molecule has 1 atom stereocenters. The molecule has 1 aromatic heterocycles. The van der Waals surface area contributed by atoms with Gasteiger partial charge in [0.1, 0.15) is 0 Å². The second-order valence-electron chi connectivity index (χ2n) is 4.00. The van der Waals surface area contributed by atoms with Crippen LogP contribution >= 0.6 is 11.3 Å². The molecule has 0 aliphatic rings. The highest BCUT2D eigenvalue weighted by Crippen LogP contribution is 2.12.